The summed E-state index contributed by atoms with van der Waals surface area (Å²) in [5.41, 5.74) is 0.990. The van der Waals surface area contributed by atoms with E-state index in [0.29, 0.717) is 16.7 Å². The fourth-order valence-electron chi connectivity index (χ4n) is 9.14. The highest BCUT2D eigenvalue weighted by Gasteiger charge is 2.60. The van der Waals surface area contributed by atoms with E-state index in [1.807, 2.05) is 0 Å². The van der Waals surface area contributed by atoms with Crippen LogP contribution in [0.15, 0.2) is 11.8 Å². The molecule has 0 radical (unpaired) electrons. The van der Waals surface area contributed by atoms with Gasteiger partial charge >= 0.3 is 5.97 Å². The van der Waals surface area contributed by atoms with Gasteiger partial charge < -0.3 is 4.74 Å². The zero-order valence-corrected chi connectivity index (χ0v) is 21.2. The number of allylic oxidation sites excluding steroid dienone is 2. The molecule has 0 spiro atoms. The number of fused-ring (bicyclic) bond motifs is 5. The maximum Gasteiger partial charge on any atom is 0.307 e. The van der Waals surface area contributed by atoms with Crippen molar-refractivity contribution in [2.24, 2.45) is 52.3 Å². The smallest absolute Gasteiger partial charge is 0.307 e. The van der Waals surface area contributed by atoms with E-state index < -0.39 is 0 Å². The van der Waals surface area contributed by atoms with Crippen LogP contribution in [-0.4, -0.2) is 5.97 Å². The Balaban J connectivity index is 1.46. The van der Waals surface area contributed by atoms with E-state index in [1.165, 1.54) is 64.7 Å². The van der Waals surface area contributed by atoms with Crippen LogP contribution >= 0.6 is 0 Å². The Hall–Kier alpha value is -0.790. The predicted octanol–water partition coefficient (Wildman–Crippen LogP) is 8.16. The van der Waals surface area contributed by atoms with Crippen molar-refractivity contribution in [3.05, 3.63) is 11.8 Å². The summed E-state index contributed by atoms with van der Waals surface area (Å²) in [6, 6.07) is 0. The lowest BCUT2D eigenvalue weighted by atomic mass is 9.45. The zero-order chi connectivity index (χ0) is 22.4. The lowest BCUT2D eigenvalue weighted by Gasteiger charge is -2.60. The maximum absolute atomic E-state index is 11.5. The molecule has 2 heteroatoms. The van der Waals surface area contributed by atoms with Crippen LogP contribution in [0.4, 0.5) is 0 Å². The summed E-state index contributed by atoms with van der Waals surface area (Å²) >= 11 is 0. The van der Waals surface area contributed by atoms with Gasteiger partial charge in [-0.25, -0.2) is 0 Å². The molecule has 4 aliphatic carbocycles. The largest absolute Gasteiger partial charge is 0.432 e. The lowest BCUT2D eigenvalue weighted by Crippen LogP contribution is -2.52. The van der Waals surface area contributed by atoms with Crippen LogP contribution in [-0.2, 0) is 9.53 Å². The molecule has 0 saturated heterocycles. The van der Waals surface area contributed by atoms with E-state index in [2.05, 4.69) is 40.7 Å². The van der Waals surface area contributed by atoms with Crippen molar-refractivity contribution in [1.82, 2.24) is 0 Å². The van der Waals surface area contributed by atoms with Crippen LogP contribution in [0.2, 0.25) is 0 Å². The Kier molecular flexibility index (Phi) is 6.68. The molecule has 0 aliphatic heterocycles. The first kappa shape index (κ1) is 23.4. The minimum Gasteiger partial charge on any atom is -0.432 e. The molecule has 3 fully saturated rings. The van der Waals surface area contributed by atoms with Gasteiger partial charge in [0.1, 0.15) is 5.76 Å². The molecule has 4 rings (SSSR count). The molecule has 0 aromatic heterocycles. The lowest BCUT2D eigenvalue weighted by molar-refractivity contribution is -0.139. The molecule has 0 aromatic rings. The molecule has 8 atom stereocenters. The van der Waals surface area contributed by atoms with Crippen molar-refractivity contribution in [3.8, 4) is 0 Å². The minimum atomic E-state index is -0.156. The third-order valence-corrected chi connectivity index (χ3v) is 10.8. The predicted molar refractivity (Wildman–Crippen MR) is 128 cm³/mol. The number of hydrogen-bond acceptors (Lipinski definition) is 2. The van der Waals surface area contributed by atoms with Gasteiger partial charge in [-0.2, -0.15) is 0 Å². The van der Waals surface area contributed by atoms with Gasteiger partial charge in [-0.3, -0.25) is 4.79 Å². The van der Waals surface area contributed by atoms with E-state index in [1.54, 1.807) is 0 Å². The van der Waals surface area contributed by atoms with Crippen molar-refractivity contribution >= 4 is 5.97 Å². The van der Waals surface area contributed by atoms with E-state index in [-0.39, 0.29) is 5.97 Å². The summed E-state index contributed by atoms with van der Waals surface area (Å²) in [6.07, 6.45) is 17.2. The molecule has 0 amide bonds. The van der Waals surface area contributed by atoms with Crippen LogP contribution in [0.25, 0.3) is 0 Å². The van der Waals surface area contributed by atoms with Crippen LogP contribution in [0.1, 0.15) is 112 Å². The highest BCUT2D eigenvalue weighted by molar-refractivity contribution is 5.67. The van der Waals surface area contributed by atoms with Crippen molar-refractivity contribution < 1.29 is 9.53 Å². The van der Waals surface area contributed by atoms with Crippen molar-refractivity contribution in [2.75, 3.05) is 0 Å². The summed E-state index contributed by atoms with van der Waals surface area (Å²) in [6.45, 7) is 14.1. The van der Waals surface area contributed by atoms with Gasteiger partial charge in [-0.1, -0.05) is 53.9 Å². The summed E-state index contributed by atoms with van der Waals surface area (Å²) in [7, 11) is 0. The Morgan fingerprint density at radius 1 is 1.03 bits per heavy atom. The first-order valence-electron chi connectivity index (χ1n) is 13.5. The molecule has 0 aromatic carbocycles. The first-order chi connectivity index (χ1) is 14.6. The van der Waals surface area contributed by atoms with Crippen LogP contribution in [0, 0.1) is 52.3 Å². The summed E-state index contributed by atoms with van der Waals surface area (Å²) in [5, 5.41) is 0. The molecular formula is C29H48O2. The fraction of sp³-hybridized carbons (Fsp3) is 0.897. The molecule has 4 aliphatic rings. The van der Waals surface area contributed by atoms with E-state index in [4.69, 9.17) is 4.74 Å². The van der Waals surface area contributed by atoms with Gasteiger partial charge in [-0.05, 0) is 103 Å². The van der Waals surface area contributed by atoms with Gasteiger partial charge in [0.05, 0.1) is 0 Å². The monoisotopic (exact) mass is 428 g/mol. The van der Waals surface area contributed by atoms with Crippen LogP contribution in [0.3, 0.4) is 0 Å². The molecule has 3 saturated carbocycles. The molecule has 3 unspecified atom stereocenters. The van der Waals surface area contributed by atoms with Crippen molar-refractivity contribution in [1.29, 1.82) is 0 Å². The standard InChI is InChI=1S/C29H48O2/c1-19(2)8-7-9-20(3)25-12-13-26-24-11-10-22-18-23(31-21(4)30)14-16-28(22,5)27(24)15-17-29(25,26)6/h14,19-20,22,24-27H,7-13,15-18H2,1-6H3/t20?,22-,24?,25?,26-,27-,28-,29+/m0/s1. The molecule has 0 heterocycles. The Labute approximate surface area is 192 Å². The number of carbonyl (C=O) groups is 1. The summed E-state index contributed by atoms with van der Waals surface area (Å²) in [5.74, 6) is 6.91. The second-order valence-electron chi connectivity index (χ2n) is 12.9. The second kappa shape index (κ2) is 8.86. The van der Waals surface area contributed by atoms with Gasteiger partial charge in [0.2, 0.25) is 0 Å². The molecule has 31 heavy (non-hydrogen) atoms. The highest BCUT2D eigenvalue weighted by Crippen LogP contribution is 2.68. The Morgan fingerprint density at radius 2 is 1.77 bits per heavy atom. The molecule has 2 nitrogen and oxygen atoms in total. The highest BCUT2D eigenvalue weighted by atomic mass is 16.5. The zero-order valence-electron chi connectivity index (χ0n) is 21.2. The van der Waals surface area contributed by atoms with Crippen LogP contribution < -0.4 is 0 Å². The quantitative estimate of drug-likeness (QED) is 0.399. The first-order valence-corrected chi connectivity index (χ1v) is 13.5. The average molecular weight is 429 g/mol. The number of rotatable bonds is 6. The minimum absolute atomic E-state index is 0.156. The van der Waals surface area contributed by atoms with Crippen molar-refractivity contribution in [3.63, 3.8) is 0 Å². The molecule has 0 N–H and O–H groups in total. The Bertz CT molecular complexity index is 693. The van der Waals surface area contributed by atoms with Gasteiger partial charge in [0, 0.05) is 13.3 Å². The number of carbonyl (C=O) groups excluding carboxylic acids is 1. The summed E-state index contributed by atoms with van der Waals surface area (Å²) < 4.78 is 5.52. The summed E-state index contributed by atoms with van der Waals surface area (Å²) in [4.78, 5) is 11.5. The number of esters is 1. The molecular weight excluding hydrogens is 380 g/mol. The van der Waals surface area contributed by atoms with E-state index >= 15 is 0 Å². The topological polar surface area (TPSA) is 26.3 Å². The normalized spacial score (nSPS) is 42.9. The third-order valence-electron chi connectivity index (χ3n) is 10.8. The second-order valence-corrected chi connectivity index (χ2v) is 12.9. The number of ether oxygens (including phenoxy) is 1. The SMILES string of the molecule is CC(=O)OC1=CC[C@@]2(C)[C@@H](CCC3[C@@H]2CC[C@]2(C)C(C(C)CCCC(C)C)CC[C@@H]32)C1. The maximum atomic E-state index is 11.5. The van der Waals surface area contributed by atoms with E-state index in [9.17, 15) is 4.79 Å². The Morgan fingerprint density at radius 3 is 2.48 bits per heavy atom. The van der Waals surface area contributed by atoms with Crippen LogP contribution in [0.5, 0.6) is 0 Å². The molecule has 176 valence electrons. The molecule has 0 bridgehead atoms. The number of hydrogen-bond donors (Lipinski definition) is 0. The van der Waals surface area contributed by atoms with Gasteiger partial charge in [-0.15, -0.1) is 0 Å². The average Bonchev–Trinajstić information content (AvgIpc) is 3.05. The van der Waals surface area contributed by atoms with Gasteiger partial charge in [0.25, 0.3) is 0 Å². The van der Waals surface area contributed by atoms with Gasteiger partial charge in [0.15, 0.2) is 0 Å². The van der Waals surface area contributed by atoms with E-state index in [0.717, 1.165) is 54.1 Å². The fourth-order valence-corrected chi connectivity index (χ4v) is 9.14. The van der Waals surface area contributed by atoms with Crippen molar-refractivity contribution in [2.45, 2.75) is 112 Å². The third kappa shape index (κ3) is 4.26.